The van der Waals surface area contributed by atoms with Gasteiger partial charge in [0.05, 0.1) is 12.6 Å². The second kappa shape index (κ2) is 5.36. The van der Waals surface area contributed by atoms with Gasteiger partial charge in [-0.05, 0) is 31.7 Å². The number of hydrogen-bond donors (Lipinski definition) is 1. The summed E-state index contributed by atoms with van der Waals surface area (Å²) < 4.78 is 0. The highest BCUT2D eigenvalue weighted by Crippen LogP contribution is 2.35. The smallest absolute Gasteiger partial charge is 0.242 e. The lowest BCUT2D eigenvalue weighted by Crippen LogP contribution is -2.51. The number of carbonyl (C=O) groups is 1. The van der Waals surface area contributed by atoms with Crippen LogP contribution in [-0.2, 0) is 4.79 Å². The fraction of sp³-hybridized carbons (Fsp3) is 0.643. The molecule has 0 aromatic carbocycles. The molecule has 1 N–H and O–H groups in total. The quantitative estimate of drug-likeness (QED) is 0.867. The van der Waals surface area contributed by atoms with Gasteiger partial charge in [0.1, 0.15) is 0 Å². The van der Waals surface area contributed by atoms with Crippen molar-refractivity contribution in [2.75, 3.05) is 18.5 Å². The van der Waals surface area contributed by atoms with Crippen molar-refractivity contribution in [2.45, 2.75) is 43.9 Å². The fourth-order valence-electron chi connectivity index (χ4n) is 3.40. The maximum Gasteiger partial charge on any atom is 0.242 e. The normalized spacial score (nSPS) is 28.5. The summed E-state index contributed by atoms with van der Waals surface area (Å²) in [5.41, 5.74) is 0. The minimum atomic E-state index is -0.244. The molecule has 3 rings (SSSR count). The zero-order chi connectivity index (χ0) is 14.1. The Morgan fingerprint density at radius 3 is 2.55 bits per heavy atom. The molecule has 108 valence electrons. The van der Waals surface area contributed by atoms with Gasteiger partial charge in [-0.2, -0.15) is 0 Å². The van der Waals surface area contributed by atoms with Gasteiger partial charge in [-0.3, -0.25) is 4.79 Å². The van der Waals surface area contributed by atoms with Crippen molar-refractivity contribution in [3.63, 3.8) is 0 Å². The summed E-state index contributed by atoms with van der Waals surface area (Å²) in [6.45, 7) is 0.285. The Kier molecular flexibility index (Phi) is 3.56. The van der Waals surface area contributed by atoms with Crippen LogP contribution in [0.3, 0.4) is 0 Å². The molecular formula is C14H20N4O2. The highest BCUT2D eigenvalue weighted by atomic mass is 16.3. The van der Waals surface area contributed by atoms with E-state index < -0.39 is 0 Å². The molecule has 6 heteroatoms. The molecule has 0 saturated carbocycles. The molecule has 2 fully saturated rings. The Balaban J connectivity index is 1.65. The first kappa shape index (κ1) is 13.3. The molecule has 2 unspecified atom stereocenters. The van der Waals surface area contributed by atoms with Gasteiger partial charge in [-0.1, -0.05) is 0 Å². The van der Waals surface area contributed by atoms with Crippen LogP contribution >= 0.6 is 0 Å². The Morgan fingerprint density at radius 1 is 1.35 bits per heavy atom. The molecule has 2 aliphatic rings. The number of aliphatic hydroxyl groups excluding tert-OH is 1. The first-order valence-corrected chi connectivity index (χ1v) is 7.12. The Labute approximate surface area is 118 Å². The van der Waals surface area contributed by atoms with E-state index in [1.165, 1.54) is 0 Å². The summed E-state index contributed by atoms with van der Waals surface area (Å²) >= 11 is 0. The van der Waals surface area contributed by atoms with E-state index >= 15 is 0 Å². The van der Waals surface area contributed by atoms with E-state index in [-0.39, 0.29) is 30.6 Å². The lowest BCUT2D eigenvalue weighted by atomic mass is 10.00. The van der Waals surface area contributed by atoms with E-state index in [4.69, 9.17) is 0 Å². The van der Waals surface area contributed by atoms with Crippen molar-refractivity contribution in [3.8, 4) is 0 Å². The number of rotatable bonds is 3. The van der Waals surface area contributed by atoms with Crippen LogP contribution in [0.5, 0.6) is 0 Å². The summed E-state index contributed by atoms with van der Waals surface area (Å²) in [4.78, 5) is 24.5. The van der Waals surface area contributed by atoms with Crippen LogP contribution in [0.4, 0.5) is 5.95 Å². The second-order valence-electron chi connectivity index (χ2n) is 5.72. The SMILES string of the molecule is CN(CC(=O)N1C2CCC1CC(O)C2)c1ncccn1. The van der Waals surface area contributed by atoms with Crippen molar-refractivity contribution in [1.82, 2.24) is 14.9 Å². The van der Waals surface area contributed by atoms with Crippen LogP contribution in [0, 0.1) is 0 Å². The number of amides is 1. The average Bonchev–Trinajstić information content (AvgIpc) is 2.72. The highest BCUT2D eigenvalue weighted by molar-refractivity contribution is 5.81. The standard InChI is InChI=1S/C14H20N4O2/c1-17(14-15-5-2-6-16-14)9-13(20)18-10-3-4-11(18)8-12(19)7-10/h2,5-6,10-12,19H,3-4,7-9H2,1H3. The number of carbonyl (C=O) groups excluding carboxylic acids is 1. The van der Waals surface area contributed by atoms with Gasteiger partial charge in [0, 0.05) is 31.5 Å². The van der Waals surface area contributed by atoms with Crippen LogP contribution in [0.25, 0.3) is 0 Å². The maximum absolute atomic E-state index is 12.5. The van der Waals surface area contributed by atoms with Gasteiger partial charge in [-0.25, -0.2) is 9.97 Å². The predicted molar refractivity (Wildman–Crippen MR) is 74.2 cm³/mol. The Bertz CT molecular complexity index is 467. The number of hydrogen-bond acceptors (Lipinski definition) is 5. The molecule has 0 radical (unpaired) electrons. The molecule has 2 aliphatic heterocycles. The van der Waals surface area contributed by atoms with Crippen LogP contribution in [0.15, 0.2) is 18.5 Å². The first-order valence-electron chi connectivity index (χ1n) is 7.12. The first-order chi connectivity index (χ1) is 9.65. The van der Waals surface area contributed by atoms with Gasteiger partial charge >= 0.3 is 0 Å². The van der Waals surface area contributed by atoms with Gasteiger partial charge in [0.15, 0.2) is 0 Å². The van der Waals surface area contributed by atoms with Crippen molar-refractivity contribution >= 4 is 11.9 Å². The summed E-state index contributed by atoms with van der Waals surface area (Å²) in [6.07, 6.45) is 6.56. The molecule has 2 saturated heterocycles. The van der Waals surface area contributed by atoms with Crippen LogP contribution in [0.2, 0.25) is 0 Å². The van der Waals surface area contributed by atoms with Gasteiger partial charge in [-0.15, -0.1) is 0 Å². The Hall–Kier alpha value is -1.69. The third-order valence-electron chi connectivity index (χ3n) is 4.26. The summed E-state index contributed by atoms with van der Waals surface area (Å²) in [5, 5.41) is 9.78. The van der Waals surface area contributed by atoms with Crippen molar-refractivity contribution < 1.29 is 9.90 Å². The van der Waals surface area contributed by atoms with E-state index in [0.717, 1.165) is 12.8 Å². The summed E-state index contributed by atoms with van der Waals surface area (Å²) in [5.74, 6) is 0.671. The maximum atomic E-state index is 12.5. The lowest BCUT2D eigenvalue weighted by Gasteiger charge is -2.38. The molecule has 0 aliphatic carbocycles. The second-order valence-corrected chi connectivity index (χ2v) is 5.72. The zero-order valence-corrected chi connectivity index (χ0v) is 11.6. The third-order valence-corrected chi connectivity index (χ3v) is 4.26. The minimum Gasteiger partial charge on any atom is -0.393 e. The number of fused-ring (bicyclic) bond motifs is 2. The summed E-state index contributed by atoms with van der Waals surface area (Å²) in [7, 11) is 1.83. The molecule has 1 amide bonds. The van der Waals surface area contributed by atoms with E-state index in [1.54, 1.807) is 23.4 Å². The molecule has 6 nitrogen and oxygen atoms in total. The fourth-order valence-corrected chi connectivity index (χ4v) is 3.40. The van der Waals surface area contributed by atoms with Crippen LogP contribution in [0.1, 0.15) is 25.7 Å². The largest absolute Gasteiger partial charge is 0.393 e. The van der Waals surface area contributed by atoms with Crippen LogP contribution in [-0.4, -0.2) is 57.7 Å². The van der Waals surface area contributed by atoms with Gasteiger partial charge < -0.3 is 14.9 Å². The number of aromatic nitrogens is 2. The molecule has 1 aromatic rings. The van der Waals surface area contributed by atoms with E-state index in [9.17, 15) is 9.90 Å². The van der Waals surface area contributed by atoms with E-state index in [2.05, 4.69) is 9.97 Å². The average molecular weight is 276 g/mol. The molecule has 0 spiro atoms. The van der Waals surface area contributed by atoms with E-state index in [0.29, 0.717) is 18.8 Å². The Morgan fingerprint density at radius 2 is 1.95 bits per heavy atom. The van der Waals surface area contributed by atoms with Crippen molar-refractivity contribution in [1.29, 1.82) is 0 Å². The number of anilines is 1. The monoisotopic (exact) mass is 276 g/mol. The molecule has 2 atom stereocenters. The summed E-state index contributed by atoms with van der Waals surface area (Å²) in [6, 6.07) is 2.17. The van der Waals surface area contributed by atoms with Crippen molar-refractivity contribution in [2.24, 2.45) is 0 Å². The molecular weight excluding hydrogens is 256 g/mol. The highest BCUT2D eigenvalue weighted by Gasteiger charge is 2.42. The molecule has 20 heavy (non-hydrogen) atoms. The number of piperidine rings is 1. The zero-order valence-electron chi connectivity index (χ0n) is 11.6. The molecule has 2 bridgehead atoms. The number of aliphatic hydroxyl groups is 1. The molecule has 1 aromatic heterocycles. The van der Waals surface area contributed by atoms with Crippen molar-refractivity contribution in [3.05, 3.63) is 18.5 Å². The topological polar surface area (TPSA) is 69.6 Å². The number of nitrogens with zero attached hydrogens (tertiary/aromatic N) is 4. The number of likely N-dealkylation sites (N-methyl/N-ethyl adjacent to an activating group) is 1. The lowest BCUT2D eigenvalue weighted by molar-refractivity contribution is -0.135. The van der Waals surface area contributed by atoms with Gasteiger partial charge in [0.2, 0.25) is 11.9 Å². The van der Waals surface area contributed by atoms with E-state index in [1.807, 2.05) is 11.9 Å². The molecule has 3 heterocycles. The minimum absolute atomic E-state index is 0.111. The van der Waals surface area contributed by atoms with Crippen LogP contribution < -0.4 is 4.90 Å². The third kappa shape index (κ3) is 2.47. The van der Waals surface area contributed by atoms with Gasteiger partial charge in [0.25, 0.3) is 0 Å². The predicted octanol–water partition coefficient (Wildman–Crippen LogP) is 0.427.